The van der Waals surface area contributed by atoms with E-state index in [2.05, 4.69) is 29.4 Å². The number of pyridine rings is 1. The number of fused-ring (bicyclic) bond motifs is 2. The molecule has 3 aromatic rings. The Morgan fingerprint density at radius 3 is 2.64 bits per heavy atom. The zero-order valence-corrected chi connectivity index (χ0v) is 12.6. The van der Waals surface area contributed by atoms with Gasteiger partial charge >= 0.3 is 0 Å². The largest absolute Gasteiger partial charge is 0.321 e. The van der Waals surface area contributed by atoms with Crippen molar-refractivity contribution in [3.05, 3.63) is 69.5 Å². The average molecular weight is 290 g/mol. The van der Waals surface area contributed by atoms with E-state index in [1.807, 2.05) is 30.3 Å². The molecule has 0 amide bonds. The van der Waals surface area contributed by atoms with Crippen LogP contribution in [0.2, 0.25) is 0 Å². The molecule has 22 heavy (non-hydrogen) atoms. The van der Waals surface area contributed by atoms with E-state index in [9.17, 15) is 4.79 Å². The summed E-state index contributed by atoms with van der Waals surface area (Å²) in [5, 5.41) is 4.48. The Bertz CT molecular complexity index is 907. The van der Waals surface area contributed by atoms with Crippen LogP contribution in [-0.2, 0) is 13.0 Å². The summed E-state index contributed by atoms with van der Waals surface area (Å²) in [6.07, 6.45) is 1.05. The summed E-state index contributed by atoms with van der Waals surface area (Å²) in [5.41, 5.74) is 6.46. The molecule has 0 unspecified atom stereocenters. The maximum Gasteiger partial charge on any atom is 0.256 e. The monoisotopic (exact) mass is 290 g/mol. The van der Waals surface area contributed by atoms with Crippen LogP contribution in [0, 0.1) is 6.92 Å². The molecular weight excluding hydrogens is 272 g/mol. The lowest BCUT2D eigenvalue weighted by atomic mass is 9.97. The van der Waals surface area contributed by atoms with Crippen molar-refractivity contribution in [1.29, 1.82) is 0 Å². The SMILES string of the molecule is Cc1ccc(-c2cc3cc4c(cc3[nH]c2=O)CNCC4)cc1. The smallest absolute Gasteiger partial charge is 0.256 e. The summed E-state index contributed by atoms with van der Waals surface area (Å²) < 4.78 is 0. The fraction of sp³-hybridized carbons (Fsp3) is 0.211. The second-order valence-electron chi connectivity index (χ2n) is 6.01. The van der Waals surface area contributed by atoms with Crippen LogP contribution in [0.3, 0.4) is 0 Å². The molecule has 2 aromatic carbocycles. The van der Waals surface area contributed by atoms with Gasteiger partial charge in [-0.25, -0.2) is 0 Å². The lowest BCUT2D eigenvalue weighted by molar-refractivity contribution is 0.645. The number of H-pyrrole nitrogens is 1. The fourth-order valence-corrected chi connectivity index (χ4v) is 3.14. The van der Waals surface area contributed by atoms with Crippen molar-refractivity contribution in [2.24, 2.45) is 0 Å². The maximum absolute atomic E-state index is 12.4. The first-order chi connectivity index (χ1) is 10.7. The van der Waals surface area contributed by atoms with E-state index in [1.54, 1.807) is 0 Å². The Balaban J connectivity index is 1.91. The standard InChI is InChI=1S/C19H18N2O/c1-12-2-4-13(5-3-12)17-9-15-8-14-6-7-20-11-16(14)10-18(15)21-19(17)22/h2-5,8-10,20H,6-7,11H2,1H3,(H,21,22). The molecule has 0 fully saturated rings. The second-order valence-corrected chi connectivity index (χ2v) is 6.01. The van der Waals surface area contributed by atoms with Gasteiger partial charge in [-0.2, -0.15) is 0 Å². The number of aryl methyl sites for hydroxylation is 1. The maximum atomic E-state index is 12.4. The molecule has 1 aromatic heterocycles. The van der Waals surface area contributed by atoms with Gasteiger partial charge in [0.25, 0.3) is 5.56 Å². The molecule has 4 rings (SSSR count). The predicted octanol–water partition coefficient (Wildman–Crippen LogP) is 3.15. The molecule has 0 saturated carbocycles. The van der Waals surface area contributed by atoms with E-state index in [-0.39, 0.29) is 5.56 Å². The van der Waals surface area contributed by atoms with Crippen LogP contribution >= 0.6 is 0 Å². The summed E-state index contributed by atoms with van der Waals surface area (Å²) in [5.74, 6) is 0. The van der Waals surface area contributed by atoms with E-state index in [4.69, 9.17) is 0 Å². The normalized spacial score (nSPS) is 14.0. The van der Waals surface area contributed by atoms with E-state index in [0.717, 1.165) is 41.5 Å². The average Bonchev–Trinajstić information content (AvgIpc) is 2.53. The first-order valence-corrected chi connectivity index (χ1v) is 7.67. The van der Waals surface area contributed by atoms with Crippen molar-refractivity contribution in [1.82, 2.24) is 10.3 Å². The molecule has 0 spiro atoms. The van der Waals surface area contributed by atoms with Gasteiger partial charge < -0.3 is 10.3 Å². The van der Waals surface area contributed by atoms with Gasteiger partial charge in [0.2, 0.25) is 0 Å². The molecule has 0 bridgehead atoms. The summed E-state index contributed by atoms with van der Waals surface area (Å²) in [6, 6.07) is 14.4. The van der Waals surface area contributed by atoms with Crippen molar-refractivity contribution >= 4 is 10.9 Å². The highest BCUT2D eigenvalue weighted by molar-refractivity contribution is 5.85. The number of aromatic amines is 1. The van der Waals surface area contributed by atoms with Gasteiger partial charge in [0.1, 0.15) is 0 Å². The number of nitrogens with one attached hydrogen (secondary N) is 2. The molecule has 1 aliphatic rings. The highest BCUT2D eigenvalue weighted by atomic mass is 16.1. The Labute approximate surface area is 129 Å². The molecule has 110 valence electrons. The number of hydrogen-bond donors (Lipinski definition) is 2. The highest BCUT2D eigenvalue weighted by Crippen LogP contribution is 2.24. The number of rotatable bonds is 1. The van der Waals surface area contributed by atoms with Crippen molar-refractivity contribution in [2.45, 2.75) is 19.9 Å². The van der Waals surface area contributed by atoms with E-state index in [0.29, 0.717) is 0 Å². The van der Waals surface area contributed by atoms with Gasteiger partial charge in [0.15, 0.2) is 0 Å². The Morgan fingerprint density at radius 1 is 1.00 bits per heavy atom. The summed E-state index contributed by atoms with van der Waals surface area (Å²) in [7, 11) is 0. The minimum Gasteiger partial charge on any atom is -0.321 e. The molecule has 1 aliphatic heterocycles. The van der Waals surface area contributed by atoms with E-state index in [1.165, 1.54) is 16.7 Å². The van der Waals surface area contributed by atoms with Gasteiger partial charge in [-0.15, -0.1) is 0 Å². The first-order valence-electron chi connectivity index (χ1n) is 7.67. The van der Waals surface area contributed by atoms with Gasteiger partial charge in [0.05, 0.1) is 0 Å². The molecule has 2 heterocycles. The molecule has 3 nitrogen and oxygen atoms in total. The van der Waals surface area contributed by atoms with Crippen molar-refractivity contribution in [3.63, 3.8) is 0 Å². The van der Waals surface area contributed by atoms with Gasteiger partial charge in [-0.1, -0.05) is 29.8 Å². The number of hydrogen-bond acceptors (Lipinski definition) is 2. The van der Waals surface area contributed by atoms with Crippen LogP contribution in [0.4, 0.5) is 0 Å². The lowest BCUT2D eigenvalue weighted by Gasteiger charge is -2.18. The number of aromatic nitrogens is 1. The van der Waals surface area contributed by atoms with Crippen LogP contribution in [0.25, 0.3) is 22.0 Å². The van der Waals surface area contributed by atoms with Crippen LogP contribution in [-0.4, -0.2) is 11.5 Å². The van der Waals surface area contributed by atoms with Crippen LogP contribution < -0.4 is 10.9 Å². The Morgan fingerprint density at radius 2 is 1.82 bits per heavy atom. The molecular formula is C19H18N2O. The summed E-state index contributed by atoms with van der Waals surface area (Å²) in [6.45, 7) is 3.95. The highest BCUT2D eigenvalue weighted by Gasteiger charge is 2.12. The third kappa shape index (κ3) is 2.24. The molecule has 3 heteroatoms. The molecule has 0 atom stereocenters. The topological polar surface area (TPSA) is 44.9 Å². The van der Waals surface area contributed by atoms with Crippen molar-refractivity contribution in [3.8, 4) is 11.1 Å². The van der Waals surface area contributed by atoms with Gasteiger partial charge in [-0.3, -0.25) is 4.79 Å². The molecule has 0 radical (unpaired) electrons. The number of benzene rings is 2. The Hall–Kier alpha value is -2.39. The van der Waals surface area contributed by atoms with Crippen LogP contribution in [0.5, 0.6) is 0 Å². The van der Waals surface area contributed by atoms with Gasteiger partial charge in [0, 0.05) is 17.6 Å². The van der Waals surface area contributed by atoms with Crippen LogP contribution in [0.1, 0.15) is 16.7 Å². The lowest BCUT2D eigenvalue weighted by Crippen LogP contribution is -2.23. The summed E-state index contributed by atoms with van der Waals surface area (Å²) in [4.78, 5) is 15.5. The summed E-state index contributed by atoms with van der Waals surface area (Å²) >= 11 is 0. The zero-order valence-electron chi connectivity index (χ0n) is 12.6. The molecule has 0 saturated heterocycles. The molecule has 2 N–H and O–H groups in total. The quantitative estimate of drug-likeness (QED) is 0.723. The second kappa shape index (κ2) is 5.11. The Kier molecular flexibility index (Phi) is 3.09. The van der Waals surface area contributed by atoms with E-state index < -0.39 is 0 Å². The van der Waals surface area contributed by atoms with E-state index >= 15 is 0 Å². The minimum absolute atomic E-state index is 0.0277. The van der Waals surface area contributed by atoms with Crippen molar-refractivity contribution in [2.75, 3.05) is 6.54 Å². The molecule has 0 aliphatic carbocycles. The first kappa shape index (κ1) is 13.3. The fourth-order valence-electron chi connectivity index (χ4n) is 3.14. The predicted molar refractivity (Wildman–Crippen MR) is 90.2 cm³/mol. The minimum atomic E-state index is -0.0277. The third-order valence-corrected chi connectivity index (χ3v) is 4.41. The zero-order chi connectivity index (χ0) is 15.1. The van der Waals surface area contributed by atoms with Crippen LogP contribution in [0.15, 0.2) is 47.3 Å². The third-order valence-electron chi connectivity index (χ3n) is 4.41. The van der Waals surface area contributed by atoms with Gasteiger partial charge in [-0.05, 0) is 60.2 Å². The van der Waals surface area contributed by atoms with Crippen molar-refractivity contribution < 1.29 is 0 Å².